The number of halogens is 3. The first-order chi connectivity index (χ1) is 13.7. The number of pyridine rings is 1. The van der Waals surface area contributed by atoms with E-state index >= 15 is 0 Å². The van der Waals surface area contributed by atoms with Crippen molar-refractivity contribution in [2.24, 2.45) is 7.05 Å². The molecule has 0 saturated carbocycles. The number of hydrogen-bond acceptors (Lipinski definition) is 4. The van der Waals surface area contributed by atoms with E-state index in [1.165, 1.54) is 10.7 Å². The fourth-order valence-electron chi connectivity index (χ4n) is 3.47. The second-order valence-electron chi connectivity index (χ2n) is 7.23. The molecule has 6 nitrogen and oxygen atoms in total. The number of nitrogens with zero attached hydrogens (tertiary/aromatic N) is 5. The molecular formula is C20H20F3N5O. The van der Waals surface area contributed by atoms with Crippen molar-refractivity contribution in [3.05, 3.63) is 47.7 Å². The second-order valence-corrected chi connectivity index (χ2v) is 7.23. The summed E-state index contributed by atoms with van der Waals surface area (Å²) in [5.74, 6) is -0.160. The molecule has 1 amide bonds. The molecule has 2 aromatic heterocycles. The summed E-state index contributed by atoms with van der Waals surface area (Å²) < 4.78 is 40.9. The predicted molar refractivity (Wildman–Crippen MR) is 102 cm³/mol. The molecule has 1 fully saturated rings. The molecule has 9 heteroatoms. The van der Waals surface area contributed by atoms with Gasteiger partial charge >= 0.3 is 6.18 Å². The molecule has 0 spiro atoms. The summed E-state index contributed by atoms with van der Waals surface area (Å²) in [6.45, 7) is 2.73. The summed E-state index contributed by atoms with van der Waals surface area (Å²) in [6, 6.07) is 6.54. The highest BCUT2D eigenvalue weighted by Crippen LogP contribution is 2.33. The maximum Gasteiger partial charge on any atom is 0.416 e. The minimum Gasteiger partial charge on any atom is -0.336 e. The zero-order valence-corrected chi connectivity index (χ0v) is 16.1. The molecule has 29 heavy (non-hydrogen) atoms. The Bertz CT molecular complexity index is 1070. The number of carbonyl (C=O) groups excluding carboxylic acids is 1. The highest BCUT2D eigenvalue weighted by atomic mass is 19.4. The van der Waals surface area contributed by atoms with Gasteiger partial charge in [-0.1, -0.05) is 12.1 Å². The Kier molecular flexibility index (Phi) is 4.77. The van der Waals surface area contributed by atoms with Crippen LogP contribution in [-0.4, -0.2) is 63.7 Å². The topological polar surface area (TPSA) is 54.3 Å². The number of carbonyl (C=O) groups is 1. The minimum absolute atomic E-state index is 0.160. The number of hydrogen-bond donors (Lipinski definition) is 0. The lowest BCUT2D eigenvalue weighted by Gasteiger charge is -2.32. The molecule has 1 aromatic carbocycles. The first kappa shape index (κ1) is 19.4. The Morgan fingerprint density at radius 2 is 1.79 bits per heavy atom. The van der Waals surface area contributed by atoms with Gasteiger partial charge in [-0.05, 0) is 25.2 Å². The summed E-state index contributed by atoms with van der Waals surface area (Å²) in [5.41, 5.74) is 0.714. The van der Waals surface area contributed by atoms with Crippen LogP contribution in [0.4, 0.5) is 13.2 Å². The van der Waals surface area contributed by atoms with Crippen molar-refractivity contribution in [1.29, 1.82) is 0 Å². The smallest absolute Gasteiger partial charge is 0.336 e. The van der Waals surface area contributed by atoms with Gasteiger partial charge in [0.25, 0.3) is 5.91 Å². The van der Waals surface area contributed by atoms with Crippen LogP contribution >= 0.6 is 0 Å². The van der Waals surface area contributed by atoms with E-state index in [2.05, 4.69) is 15.0 Å². The Morgan fingerprint density at radius 1 is 1.07 bits per heavy atom. The lowest BCUT2D eigenvalue weighted by atomic mass is 10.0. The molecule has 0 bridgehead atoms. The Labute approximate surface area is 165 Å². The van der Waals surface area contributed by atoms with Gasteiger partial charge in [-0.2, -0.15) is 18.3 Å². The van der Waals surface area contributed by atoms with Crippen LogP contribution in [0, 0.1) is 0 Å². The SMILES string of the molecule is CN1CCN(C(=O)c2cc(-c3cccc(C(F)(F)F)c3)nc3c2cnn3C)CC1. The molecule has 3 aromatic rings. The molecule has 0 radical (unpaired) electrons. The molecule has 1 saturated heterocycles. The van der Waals surface area contributed by atoms with Crippen LogP contribution in [0.3, 0.4) is 0 Å². The molecular weight excluding hydrogens is 383 g/mol. The molecule has 4 rings (SSSR count). The lowest BCUT2D eigenvalue weighted by molar-refractivity contribution is -0.137. The van der Waals surface area contributed by atoms with Gasteiger partial charge in [0.15, 0.2) is 5.65 Å². The number of piperazine rings is 1. The molecule has 1 aliphatic heterocycles. The van der Waals surface area contributed by atoms with Gasteiger partial charge in [-0.3, -0.25) is 9.48 Å². The average Bonchev–Trinajstić information content (AvgIpc) is 3.08. The van der Waals surface area contributed by atoms with Crippen molar-refractivity contribution in [2.45, 2.75) is 6.18 Å². The van der Waals surface area contributed by atoms with Gasteiger partial charge < -0.3 is 9.80 Å². The van der Waals surface area contributed by atoms with Crippen LogP contribution in [0.2, 0.25) is 0 Å². The van der Waals surface area contributed by atoms with E-state index in [1.54, 1.807) is 30.3 Å². The number of fused-ring (bicyclic) bond motifs is 1. The summed E-state index contributed by atoms with van der Waals surface area (Å²) in [6.07, 6.45) is -2.88. The third kappa shape index (κ3) is 3.69. The molecule has 0 aliphatic carbocycles. The average molecular weight is 403 g/mol. The number of likely N-dealkylation sites (N-methyl/N-ethyl adjacent to an activating group) is 1. The number of benzene rings is 1. The molecule has 3 heterocycles. The van der Waals surface area contributed by atoms with Crippen molar-refractivity contribution >= 4 is 16.9 Å². The van der Waals surface area contributed by atoms with Gasteiger partial charge in [-0.25, -0.2) is 4.98 Å². The van der Waals surface area contributed by atoms with Crippen molar-refractivity contribution in [3.63, 3.8) is 0 Å². The van der Waals surface area contributed by atoms with Crippen LogP contribution in [0.1, 0.15) is 15.9 Å². The fourth-order valence-corrected chi connectivity index (χ4v) is 3.47. The van der Waals surface area contributed by atoms with E-state index in [0.29, 0.717) is 40.9 Å². The number of amides is 1. The summed E-state index contributed by atoms with van der Waals surface area (Å²) in [5, 5.41) is 4.77. The van der Waals surface area contributed by atoms with Gasteiger partial charge in [-0.15, -0.1) is 0 Å². The quantitative estimate of drug-likeness (QED) is 0.660. The largest absolute Gasteiger partial charge is 0.416 e. The number of alkyl halides is 3. The van der Waals surface area contributed by atoms with Gasteiger partial charge in [0.1, 0.15) is 0 Å². The third-order valence-electron chi connectivity index (χ3n) is 5.21. The molecule has 0 unspecified atom stereocenters. The maximum atomic E-state index is 13.2. The Hall–Kier alpha value is -2.94. The summed E-state index contributed by atoms with van der Waals surface area (Å²) in [7, 11) is 3.69. The highest BCUT2D eigenvalue weighted by molar-refractivity contribution is 6.06. The number of aromatic nitrogens is 3. The zero-order valence-electron chi connectivity index (χ0n) is 16.1. The third-order valence-corrected chi connectivity index (χ3v) is 5.21. The van der Waals surface area contributed by atoms with Crippen LogP contribution in [-0.2, 0) is 13.2 Å². The van der Waals surface area contributed by atoms with E-state index < -0.39 is 11.7 Å². The van der Waals surface area contributed by atoms with Crippen molar-refractivity contribution in [1.82, 2.24) is 24.6 Å². The van der Waals surface area contributed by atoms with Crippen LogP contribution < -0.4 is 0 Å². The Morgan fingerprint density at radius 3 is 2.48 bits per heavy atom. The van der Waals surface area contributed by atoms with Crippen LogP contribution in [0.25, 0.3) is 22.3 Å². The second kappa shape index (κ2) is 7.14. The first-order valence-corrected chi connectivity index (χ1v) is 9.22. The van der Waals surface area contributed by atoms with Gasteiger partial charge in [0, 0.05) is 38.8 Å². The van der Waals surface area contributed by atoms with Crippen molar-refractivity contribution < 1.29 is 18.0 Å². The molecule has 1 aliphatic rings. The van der Waals surface area contributed by atoms with Crippen LogP contribution in [0.15, 0.2) is 36.5 Å². The molecule has 0 N–H and O–H groups in total. The van der Waals surface area contributed by atoms with E-state index in [9.17, 15) is 18.0 Å². The van der Waals surface area contributed by atoms with E-state index in [0.717, 1.165) is 25.2 Å². The predicted octanol–water partition coefficient (Wildman–Crippen LogP) is 3.04. The number of rotatable bonds is 2. The fraction of sp³-hybridized carbons (Fsp3) is 0.350. The minimum atomic E-state index is -4.45. The molecule has 0 atom stereocenters. The van der Waals surface area contributed by atoms with E-state index in [-0.39, 0.29) is 5.91 Å². The highest BCUT2D eigenvalue weighted by Gasteiger charge is 2.31. The number of aryl methyl sites for hydroxylation is 1. The maximum absolute atomic E-state index is 13.2. The normalized spacial score (nSPS) is 15.8. The standard InChI is InChI=1S/C20H20F3N5O/c1-26-6-8-28(9-7-26)19(29)15-11-17(25-18-16(15)12-24-27(18)2)13-4-3-5-14(10-13)20(21,22)23/h3-5,10-12H,6-9H2,1-2H3. The van der Waals surface area contributed by atoms with Gasteiger partial charge in [0.2, 0.25) is 0 Å². The van der Waals surface area contributed by atoms with Gasteiger partial charge in [0.05, 0.1) is 28.4 Å². The van der Waals surface area contributed by atoms with Crippen molar-refractivity contribution in [3.8, 4) is 11.3 Å². The molecule has 152 valence electrons. The lowest BCUT2D eigenvalue weighted by Crippen LogP contribution is -2.47. The zero-order chi connectivity index (χ0) is 20.8. The first-order valence-electron chi connectivity index (χ1n) is 9.22. The van der Waals surface area contributed by atoms with Crippen molar-refractivity contribution in [2.75, 3.05) is 33.2 Å². The summed E-state index contributed by atoms with van der Waals surface area (Å²) in [4.78, 5) is 21.6. The monoisotopic (exact) mass is 403 g/mol. The Balaban J connectivity index is 1.81. The summed E-state index contributed by atoms with van der Waals surface area (Å²) >= 11 is 0. The van der Waals surface area contributed by atoms with Crippen LogP contribution in [0.5, 0.6) is 0 Å². The van der Waals surface area contributed by atoms with E-state index in [4.69, 9.17) is 0 Å². The van der Waals surface area contributed by atoms with E-state index in [1.807, 2.05) is 7.05 Å².